The summed E-state index contributed by atoms with van der Waals surface area (Å²) in [5.41, 5.74) is 3.37. The summed E-state index contributed by atoms with van der Waals surface area (Å²) in [6.45, 7) is 0.619. The number of methoxy groups -OCH3 is 2. The molecule has 13 heteroatoms. The SMILES string of the molecule is COc1ccc(CN(c2ncns2)S(=O)(=O)c2ccc3c(c2)N(C)CCN3c2ccc(CF)cc2Cl)c(OC)c1. The van der Waals surface area contributed by atoms with Crippen LogP contribution >= 0.6 is 23.1 Å². The summed E-state index contributed by atoms with van der Waals surface area (Å²) < 4.78 is 57.5. The number of anilines is 4. The predicted molar refractivity (Wildman–Crippen MR) is 156 cm³/mol. The normalized spacial score (nSPS) is 13.2. The third-order valence-corrected chi connectivity index (χ3v) is 9.56. The van der Waals surface area contributed by atoms with Gasteiger partial charge in [-0.2, -0.15) is 4.37 Å². The zero-order valence-electron chi connectivity index (χ0n) is 22.0. The molecule has 5 rings (SSSR count). The Labute approximate surface area is 241 Å². The highest BCUT2D eigenvalue weighted by Gasteiger charge is 2.31. The van der Waals surface area contributed by atoms with E-state index in [1.807, 2.05) is 16.8 Å². The van der Waals surface area contributed by atoms with Gasteiger partial charge in [0.2, 0.25) is 5.13 Å². The molecule has 0 atom stereocenters. The number of aromatic nitrogens is 2. The minimum absolute atomic E-state index is 0.0275. The Balaban J connectivity index is 1.55. The molecule has 0 radical (unpaired) electrons. The van der Waals surface area contributed by atoms with E-state index in [1.54, 1.807) is 61.7 Å². The van der Waals surface area contributed by atoms with Crippen LogP contribution in [-0.2, 0) is 23.2 Å². The van der Waals surface area contributed by atoms with Crippen molar-refractivity contribution in [2.45, 2.75) is 18.1 Å². The van der Waals surface area contributed by atoms with E-state index in [0.29, 0.717) is 40.7 Å². The van der Waals surface area contributed by atoms with Crippen molar-refractivity contribution in [3.8, 4) is 11.5 Å². The molecule has 4 aromatic rings. The Morgan fingerprint density at radius 2 is 1.82 bits per heavy atom. The number of halogens is 2. The molecule has 210 valence electrons. The summed E-state index contributed by atoms with van der Waals surface area (Å²) in [7, 11) is 0.898. The summed E-state index contributed by atoms with van der Waals surface area (Å²) in [5, 5.41) is 0.656. The van der Waals surface area contributed by atoms with Gasteiger partial charge in [0.15, 0.2) is 0 Å². The Hall–Kier alpha value is -3.61. The molecule has 0 aliphatic carbocycles. The molecule has 0 saturated heterocycles. The highest BCUT2D eigenvalue weighted by molar-refractivity contribution is 7.93. The summed E-state index contributed by atoms with van der Waals surface area (Å²) in [5.74, 6) is 1.08. The van der Waals surface area contributed by atoms with Crippen molar-refractivity contribution < 1.29 is 22.3 Å². The van der Waals surface area contributed by atoms with Gasteiger partial charge in [-0.1, -0.05) is 17.7 Å². The summed E-state index contributed by atoms with van der Waals surface area (Å²) in [6.07, 6.45) is 1.32. The van der Waals surface area contributed by atoms with Crippen LogP contribution in [0.2, 0.25) is 5.02 Å². The molecule has 1 aliphatic rings. The molecule has 0 fully saturated rings. The van der Waals surface area contributed by atoms with Gasteiger partial charge in [0, 0.05) is 43.3 Å². The van der Waals surface area contributed by atoms with Gasteiger partial charge in [0.25, 0.3) is 10.0 Å². The van der Waals surface area contributed by atoms with E-state index in [-0.39, 0.29) is 16.6 Å². The van der Waals surface area contributed by atoms with Crippen LogP contribution in [-0.4, -0.2) is 52.1 Å². The molecule has 0 amide bonds. The van der Waals surface area contributed by atoms with E-state index in [0.717, 1.165) is 28.6 Å². The number of nitrogens with zero attached hydrogens (tertiary/aromatic N) is 5. The fourth-order valence-corrected chi connectivity index (χ4v) is 7.04. The van der Waals surface area contributed by atoms with Crippen LogP contribution in [0.1, 0.15) is 11.1 Å². The lowest BCUT2D eigenvalue weighted by Gasteiger charge is -2.38. The van der Waals surface area contributed by atoms with Crippen molar-refractivity contribution in [1.29, 1.82) is 0 Å². The maximum atomic E-state index is 14.1. The lowest BCUT2D eigenvalue weighted by atomic mass is 10.1. The highest BCUT2D eigenvalue weighted by atomic mass is 35.5. The van der Waals surface area contributed by atoms with Gasteiger partial charge in [0.05, 0.1) is 47.7 Å². The number of benzene rings is 3. The summed E-state index contributed by atoms with van der Waals surface area (Å²) in [4.78, 5) is 8.31. The van der Waals surface area contributed by atoms with Crippen LogP contribution in [0, 0.1) is 0 Å². The van der Waals surface area contributed by atoms with Gasteiger partial charge in [-0.15, -0.1) is 0 Å². The lowest BCUT2D eigenvalue weighted by Crippen LogP contribution is -2.37. The molecule has 3 aromatic carbocycles. The molecule has 1 aromatic heterocycles. The fourth-order valence-electron chi connectivity index (χ4n) is 4.59. The number of sulfonamides is 1. The Morgan fingerprint density at radius 3 is 2.50 bits per heavy atom. The molecule has 0 N–H and O–H groups in total. The second-order valence-electron chi connectivity index (χ2n) is 9.06. The highest BCUT2D eigenvalue weighted by Crippen LogP contribution is 2.42. The largest absolute Gasteiger partial charge is 0.497 e. The van der Waals surface area contributed by atoms with Crippen LogP contribution in [0.4, 0.5) is 26.6 Å². The number of likely N-dealkylation sites (N-methyl/N-ethyl adjacent to an activating group) is 1. The van der Waals surface area contributed by atoms with Gasteiger partial charge < -0.3 is 19.3 Å². The minimum Gasteiger partial charge on any atom is -0.497 e. The number of alkyl halides is 1. The van der Waals surface area contributed by atoms with Crippen molar-refractivity contribution in [3.63, 3.8) is 0 Å². The number of rotatable bonds is 9. The predicted octanol–water partition coefficient (Wildman–Crippen LogP) is 5.66. The van der Waals surface area contributed by atoms with E-state index in [4.69, 9.17) is 21.1 Å². The van der Waals surface area contributed by atoms with Gasteiger partial charge >= 0.3 is 0 Å². The number of hydrogen-bond acceptors (Lipinski definition) is 9. The van der Waals surface area contributed by atoms with Gasteiger partial charge in [-0.25, -0.2) is 22.1 Å². The lowest BCUT2D eigenvalue weighted by molar-refractivity contribution is 0.391. The van der Waals surface area contributed by atoms with Crippen molar-refractivity contribution in [1.82, 2.24) is 9.36 Å². The Bertz CT molecular complexity index is 1620. The molecule has 0 bridgehead atoms. The quantitative estimate of drug-likeness (QED) is 0.242. The summed E-state index contributed by atoms with van der Waals surface area (Å²) in [6, 6.07) is 15.3. The second kappa shape index (κ2) is 11.5. The topological polar surface area (TPSA) is 88.1 Å². The zero-order valence-corrected chi connectivity index (χ0v) is 24.4. The van der Waals surface area contributed by atoms with Crippen molar-refractivity contribution in [2.24, 2.45) is 0 Å². The summed E-state index contributed by atoms with van der Waals surface area (Å²) >= 11 is 7.50. The van der Waals surface area contributed by atoms with Crippen LogP contribution in [0.15, 0.2) is 65.8 Å². The van der Waals surface area contributed by atoms with Crippen molar-refractivity contribution in [3.05, 3.63) is 77.1 Å². The first-order chi connectivity index (χ1) is 19.3. The monoisotopic (exact) mass is 603 g/mol. The smallest absolute Gasteiger partial charge is 0.266 e. The number of ether oxygens (including phenoxy) is 2. The molecule has 2 heterocycles. The minimum atomic E-state index is -4.08. The average Bonchev–Trinajstić information content (AvgIpc) is 3.50. The molecule has 0 saturated carbocycles. The zero-order chi connectivity index (χ0) is 28.4. The van der Waals surface area contributed by atoms with E-state index >= 15 is 0 Å². The first-order valence-electron chi connectivity index (χ1n) is 12.2. The van der Waals surface area contributed by atoms with E-state index < -0.39 is 16.7 Å². The molecular weight excluding hydrogens is 577 g/mol. The number of hydrogen-bond donors (Lipinski definition) is 0. The van der Waals surface area contributed by atoms with Crippen molar-refractivity contribution >= 4 is 55.4 Å². The van der Waals surface area contributed by atoms with E-state index in [9.17, 15) is 12.8 Å². The van der Waals surface area contributed by atoms with E-state index in [1.165, 1.54) is 17.7 Å². The van der Waals surface area contributed by atoms with Crippen LogP contribution in [0.25, 0.3) is 0 Å². The maximum absolute atomic E-state index is 14.1. The van der Waals surface area contributed by atoms with Gasteiger partial charge in [-0.3, -0.25) is 0 Å². The second-order valence-corrected chi connectivity index (χ2v) is 12.1. The first-order valence-corrected chi connectivity index (χ1v) is 14.8. The molecule has 0 spiro atoms. The van der Waals surface area contributed by atoms with Gasteiger partial charge in [0.1, 0.15) is 24.5 Å². The Morgan fingerprint density at radius 1 is 1.02 bits per heavy atom. The van der Waals surface area contributed by atoms with Crippen molar-refractivity contribution in [2.75, 3.05) is 48.5 Å². The van der Waals surface area contributed by atoms with Crippen LogP contribution in [0.5, 0.6) is 11.5 Å². The molecule has 1 aliphatic heterocycles. The maximum Gasteiger partial charge on any atom is 0.266 e. The first kappa shape index (κ1) is 27.9. The standard InChI is InChI=1S/C27H27ClFN5O4S2/c1-32-10-11-33(23-8-4-18(15-29)12-22(23)28)24-9-7-21(14-25(24)32)40(35,36)34(27-30-17-31-39-27)16-19-5-6-20(37-2)13-26(19)38-3/h4-9,12-14,17H,10-11,15-16H2,1-3H3. The van der Waals surface area contributed by atoms with Crippen LogP contribution < -0.4 is 23.6 Å². The molecule has 40 heavy (non-hydrogen) atoms. The number of fused-ring (bicyclic) bond motifs is 1. The third-order valence-electron chi connectivity index (χ3n) is 6.72. The van der Waals surface area contributed by atoms with E-state index in [2.05, 4.69) is 9.36 Å². The molecule has 9 nitrogen and oxygen atoms in total. The Kier molecular flexibility index (Phi) is 8.02. The van der Waals surface area contributed by atoms with Gasteiger partial charge in [-0.05, 0) is 48.0 Å². The third kappa shape index (κ3) is 5.26. The average molecular weight is 604 g/mol. The fraction of sp³-hybridized carbons (Fsp3) is 0.259. The van der Waals surface area contributed by atoms with Crippen LogP contribution in [0.3, 0.4) is 0 Å². The molecular formula is C27H27ClFN5O4S2. The molecule has 0 unspecified atom stereocenters.